The number of hydrogen-bond acceptors (Lipinski definition) is 6. The van der Waals surface area contributed by atoms with Gasteiger partial charge in [-0.3, -0.25) is 9.36 Å². The van der Waals surface area contributed by atoms with Gasteiger partial charge in [-0.2, -0.15) is 0 Å². The smallest absolute Gasteiger partial charge is 0.364 e. The summed E-state index contributed by atoms with van der Waals surface area (Å²) in [6.45, 7) is 2.23. The molecule has 0 atom stereocenters. The largest absolute Gasteiger partial charge is 0.486 e. The monoisotopic (exact) mass is 424 g/mol. The molecule has 1 saturated heterocycles. The number of nitrogens with zero attached hydrogens (tertiary/aromatic N) is 2. The van der Waals surface area contributed by atoms with E-state index < -0.39 is 11.8 Å². The molecular formula is C23H24N2O6. The van der Waals surface area contributed by atoms with Crippen molar-refractivity contribution < 1.29 is 24.1 Å². The summed E-state index contributed by atoms with van der Waals surface area (Å²) < 4.78 is 18.1. The summed E-state index contributed by atoms with van der Waals surface area (Å²) in [5.41, 5.74) is 1.62. The van der Waals surface area contributed by atoms with Crippen LogP contribution in [-0.4, -0.2) is 39.6 Å². The van der Waals surface area contributed by atoms with Crippen LogP contribution in [0.5, 0.6) is 5.75 Å². The number of para-hydroxylation sites is 1. The fourth-order valence-electron chi connectivity index (χ4n) is 3.48. The molecule has 3 aromatic rings. The maximum Gasteiger partial charge on any atom is 0.364 e. The number of ether oxygens (including phenoxy) is 3. The van der Waals surface area contributed by atoms with Crippen LogP contribution in [0, 0.1) is 5.92 Å². The average molecular weight is 424 g/mol. The number of benzene rings is 2. The van der Waals surface area contributed by atoms with Gasteiger partial charge in [-0.25, -0.2) is 9.78 Å². The maximum atomic E-state index is 12.5. The highest BCUT2D eigenvalue weighted by Gasteiger charge is 2.40. The van der Waals surface area contributed by atoms with Crippen molar-refractivity contribution in [3.05, 3.63) is 70.3 Å². The van der Waals surface area contributed by atoms with Crippen LogP contribution in [0.25, 0.3) is 10.9 Å². The number of fused-ring (bicyclic) bond motifs is 1. The van der Waals surface area contributed by atoms with Crippen molar-refractivity contribution in [3.8, 4) is 5.75 Å². The first-order chi connectivity index (χ1) is 14.9. The minimum absolute atomic E-state index is 0.0792. The lowest BCUT2D eigenvalue weighted by Gasteiger charge is -2.34. The molecule has 8 heteroatoms. The van der Waals surface area contributed by atoms with Gasteiger partial charge in [0, 0.05) is 19.9 Å². The molecule has 2 heterocycles. The van der Waals surface area contributed by atoms with Crippen molar-refractivity contribution in [1.82, 2.24) is 9.55 Å². The molecule has 0 aliphatic carbocycles. The standard InChI is InChI=1S/C23H24N2O6/c1-23(22(27)28)30-12-16(13-31-23)11-15-7-9-17(10-8-15)29-14-20-24-19-6-4-3-5-18(19)21(26)25(20)2/h3-10,16H,11-14H2,1-2H3,(H,27,28). The second kappa shape index (κ2) is 8.49. The number of hydrogen-bond donors (Lipinski definition) is 1. The minimum Gasteiger partial charge on any atom is -0.486 e. The SMILES string of the molecule is Cn1c(COc2ccc(CC3COC(C)(C(=O)O)OC3)cc2)nc2ccccc2c1=O. The lowest BCUT2D eigenvalue weighted by atomic mass is 9.99. The van der Waals surface area contributed by atoms with Crippen LogP contribution in [0.1, 0.15) is 18.3 Å². The van der Waals surface area contributed by atoms with Crippen molar-refractivity contribution in [2.75, 3.05) is 13.2 Å². The Bertz CT molecular complexity index is 1150. The molecule has 1 N–H and O–H groups in total. The first-order valence-corrected chi connectivity index (χ1v) is 10.0. The van der Waals surface area contributed by atoms with Gasteiger partial charge in [0.1, 0.15) is 18.2 Å². The van der Waals surface area contributed by atoms with Crippen LogP contribution >= 0.6 is 0 Å². The molecule has 0 unspecified atom stereocenters. The maximum absolute atomic E-state index is 12.5. The third-order valence-electron chi connectivity index (χ3n) is 5.47. The van der Waals surface area contributed by atoms with Gasteiger partial charge < -0.3 is 19.3 Å². The molecule has 162 valence electrons. The third kappa shape index (κ3) is 4.45. The van der Waals surface area contributed by atoms with E-state index in [-0.39, 0.29) is 18.1 Å². The first kappa shape index (κ1) is 21.0. The van der Waals surface area contributed by atoms with Crippen LogP contribution in [0.3, 0.4) is 0 Å². The van der Waals surface area contributed by atoms with E-state index in [0.717, 1.165) is 5.56 Å². The molecule has 0 saturated carbocycles. The van der Waals surface area contributed by atoms with E-state index >= 15 is 0 Å². The van der Waals surface area contributed by atoms with Crippen LogP contribution in [0.4, 0.5) is 0 Å². The molecule has 1 aliphatic rings. The van der Waals surface area contributed by atoms with Crippen molar-refractivity contribution in [2.24, 2.45) is 13.0 Å². The lowest BCUT2D eigenvalue weighted by Crippen LogP contribution is -2.48. The summed E-state index contributed by atoms with van der Waals surface area (Å²) in [7, 11) is 1.69. The van der Waals surface area contributed by atoms with Crippen LogP contribution in [0.2, 0.25) is 0 Å². The summed E-state index contributed by atoms with van der Waals surface area (Å²) in [6, 6.07) is 14.9. The molecule has 0 spiro atoms. The quantitative estimate of drug-likeness (QED) is 0.649. The van der Waals surface area contributed by atoms with E-state index in [1.165, 1.54) is 11.5 Å². The van der Waals surface area contributed by atoms with E-state index in [1.54, 1.807) is 13.1 Å². The first-order valence-electron chi connectivity index (χ1n) is 10.0. The summed E-state index contributed by atoms with van der Waals surface area (Å²) in [5.74, 6) is -1.39. The second-order valence-corrected chi connectivity index (χ2v) is 7.78. The number of rotatable bonds is 6. The van der Waals surface area contributed by atoms with Gasteiger partial charge in [-0.1, -0.05) is 24.3 Å². The molecule has 1 aromatic heterocycles. The molecule has 4 rings (SSSR count). The number of carbonyl (C=O) groups is 1. The molecular weight excluding hydrogens is 400 g/mol. The second-order valence-electron chi connectivity index (χ2n) is 7.78. The predicted octanol–water partition coefficient (Wildman–Crippen LogP) is 2.52. The Morgan fingerprint density at radius 3 is 2.55 bits per heavy atom. The predicted molar refractivity (Wildman–Crippen MR) is 113 cm³/mol. The van der Waals surface area contributed by atoms with Gasteiger partial charge >= 0.3 is 5.97 Å². The zero-order valence-corrected chi connectivity index (χ0v) is 17.4. The highest BCUT2D eigenvalue weighted by molar-refractivity contribution is 5.77. The molecule has 0 bridgehead atoms. The van der Waals surface area contributed by atoms with E-state index in [4.69, 9.17) is 19.3 Å². The van der Waals surface area contributed by atoms with Crippen LogP contribution < -0.4 is 10.3 Å². The van der Waals surface area contributed by atoms with Gasteiger partial charge in [0.2, 0.25) is 0 Å². The van der Waals surface area contributed by atoms with E-state index in [0.29, 0.717) is 42.1 Å². The van der Waals surface area contributed by atoms with Gasteiger partial charge in [0.05, 0.1) is 24.1 Å². The highest BCUT2D eigenvalue weighted by atomic mass is 16.7. The number of carboxylic acid groups (broad SMARTS) is 1. The third-order valence-corrected chi connectivity index (χ3v) is 5.47. The Morgan fingerprint density at radius 1 is 1.19 bits per heavy atom. The van der Waals surface area contributed by atoms with Gasteiger partial charge in [0.25, 0.3) is 11.3 Å². The zero-order valence-electron chi connectivity index (χ0n) is 17.4. The molecule has 31 heavy (non-hydrogen) atoms. The van der Waals surface area contributed by atoms with Crippen LogP contribution in [0.15, 0.2) is 53.3 Å². The highest BCUT2D eigenvalue weighted by Crippen LogP contribution is 2.24. The van der Waals surface area contributed by atoms with Crippen LogP contribution in [-0.2, 0) is 34.3 Å². The molecule has 8 nitrogen and oxygen atoms in total. The lowest BCUT2D eigenvalue weighted by molar-refractivity contribution is -0.270. The number of carboxylic acids is 1. The number of aromatic nitrogens is 2. The summed E-state index contributed by atoms with van der Waals surface area (Å²) >= 11 is 0. The Morgan fingerprint density at radius 2 is 1.87 bits per heavy atom. The Labute approximate surface area is 179 Å². The molecule has 0 amide bonds. The topological polar surface area (TPSA) is 99.9 Å². The van der Waals surface area contributed by atoms with E-state index in [2.05, 4.69) is 4.98 Å². The summed E-state index contributed by atoms with van der Waals surface area (Å²) in [4.78, 5) is 28.2. The summed E-state index contributed by atoms with van der Waals surface area (Å²) in [5, 5.41) is 9.72. The van der Waals surface area contributed by atoms with Gasteiger partial charge in [-0.15, -0.1) is 0 Å². The molecule has 2 aromatic carbocycles. The van der Waals surface area contributed by atoms with Crippen molar-refractivity contribution in [2.45, 2.75) is 25.7 Å². The van der Waals surface area contributed by atoms with Gasteiger partial charge in [-0.05, 0) is 36.2 Å². The van der Waals surface area contributed by atoms with Crippen molar-refractivity contribution >= 4 is 16.9 Å². The molecule has 1 aliphatic heterocycles. The van der Waals surface area contributed by atoms with E-state index in [9.17, 15) is 9.59 Å². The fraction of sp³-hybridized carbons (Fsp3) is 0.348. The van der Waals surface area contributed by atoms with Gasteiger partial charge in [0.15, 0.2) is 0 Å². The Kier molecular flexibility index (Phi) is 5.75. The normalized spacial score (nSPS) is 21.2. The van der Waals surface area contributed by atoms with Crippen molar-refractivity contribution in [3.63, 3.8) is 0 Å². The van der Waals surface area contributed by atoms with Crippen molar-refractivity contribution in [1.29, 1.82) is 0 Å². The minimum atomic E-state index is -1.56. The molecule has 0 radical (unpaired) electrons. The number of aliphatic carboxylic acids is 1. The average Bonchev–Trinajstić information content (AvgIpc) is 2.78. The van der Waals surface area contributed by atoms with E-state index in [1.807, 2.05) is 42.5 Å². The summed E-state index contributed by atoms with van der Waals surface area (Å²) in [6.07, 6.45) is 0.705. The molecule has 1 fully saturated rings. The fourth-order valence-corrected chi connectivity index (χ4v) is 3.48. The Balaban J connectivity index is 1.37. The zero-order chi connectivity index (χ0) is 22.0. The Hall–Kier alpha value is -3.23.